The first-order valence-electron chi connectivity index (χ1n) is 5.46. The Kier molecular flexibility index (Phi) is 4.07. The summed E-state index contributed by atoms with van der Waals surface area (Å²) in [6, 6.07) is 0. The van der Waals surface area contributed by atoms with Crippen molar-refractivity contribution in [1.29, 1.82) is 0 Å². The van der Waals surface area contributed by atoms with E-state index in [0.717, 1.165) is 24.3 Å². The predicted octanol–water partition coefficient (Wildman–Crippen LogP) is 2.67. The fourth-order valence-corrected chi connectivity index (χ4v) is 2.53. The zero-order chi connectivity index (χ0) is 8.97. The highest BCUT2D eigenvalue weighted by molar-refractivity contribution is 4.80. The average Bonchev–Trinajstić information content (AvgIpc) is 2.48. The molecule has 0 saturated heterocycles. The van der Waals surface area contributed by atoms with Gasteiger partial charge in [0.1, 0.15) is 0 Å². The molecule has 1 rings (SSSR count). The molecule has 72 valence electrons. The van der Waals surface area contributed by atoms with Crippen molar-refractivity contribution in [2.75, 3.05) is 13.1 Å². The van der Waals surface area contributed by atoms with Crippen LogP contribution in [0, 0.1) is 17.8 Å². The van der Waals surface area contributed by atoms with Crippen LogP contribution in [0.5, 0.6) is 0 Å². The second-order valence-corrected chi connectivity index (χ2v) is 4.41. The van der Waals surface area contributed by atoms with Gasteiger partial charge in [-0.2, -0.15) is 0 Å². The Balaban J connectivity index is 2.30. The van der Waals surface area contributed by atoms with Crippen molar-refractivity contribution in [1.82, 2.24) is 5.32 Å². The third-order valence-electron chi connectivity index (χ3n) is 3.23. The first-order valence-corrected chi connectivity index (χ1v) is 5.46. The summed E-state index contributed by atoms with van der Waals surface area (Å²) in [6.45, 7) is 9.31. The van der Waals surface area contributed by atoms with E-state index in [1.807, 2.05) is 0 Å². The molecule has 0 bridgehead atoms. The molecule has 1 fully saturated rings. The number of hydrogen-bond donors (Lipinski definition) is 1. The summed E-state index contributed by atoms with van der Waals surface area (Å²) in [5, 5.41) is 3.48. The molecule has 1 N–H and O–H groups in total. The van der Waals surface area contributed by atoms with Gasteiger partial charge in [0.2, 0.25) is 0 Å². The molecular formula is C11H23N. The lowest BCUT2D eigenvalue weighted by Crippen LogP contribution is -2.27. The number of nitrogens with one attached hydrogen (secondary N) is 1. The Hall–Kier alpha value is -0.0400. The maximum Gasteiger partial charge on any atom is -0.00179 e. The van der Waals surface area contributed by atoms with Gasteiger partial charge in [-0.3, -0.25) is 0 Å². The molecule has 12 heavy (non-hydrogen) atoms. The summed E-state index contributed by atoms with van der Waals surface area (Å²) in [5.74, 6) is 2.84. The molecule has 0 amide bonds. The van der Waals surface area contributed by atoms with Crippen LogP contribution in [0.2, 0.25) is 0 Å². The van der Waals surface area contributed by atoms with Crippen LogP contribution in [0.4, 0.5) is 0 Å². The maximum absolute atomic E-state index is 3.48. The topological polar surface area (TPSA) is 12.0 Å². The quantitative estimate of drug-likeness (QED) is 0.682. The van der Waals surface area contributed by atoms with Gasteiger partial charge in [0, 0.05) is 0 Å². The van der Waals surface area contributed by atoms with Crippen molar-refractivity contribution in [2.24, 2.45) is 17.8 Å². The predicted molar refractivity (Wildman–Crippen MR) is 54.2 cm³/mol. The number of rotatable bonds is 4. The summed E-state index contributed by atoms with van der Waals surface area (Å²) in [7, 11) is 0. The van der Waals surface area contributed by atoms with Crippen LogP contribution in [-0.4, -0.2) is 13.1 Å². The van der Waals surface area contributed by atoms with Crippen molar-refractivity contribution >= 4 is 0 Å². The van der Waals surface area contributed by atoms with Gasteiger partial charge in [-0.05, 0) is 43.7 Å². The van der Waals surface area contributed by atoms with Gasteiger partial charge < -0.3 is 5.32 Å². The van der Waals surface area contributed by atoms with E-state index in [1.54, 1.807) is 0 Å². The average molecular weight is 169 g/mol. The van der Waals surface area contributed by atoms with E-state index in [1.165, 1.54) is 25.8 Å². The Morgan fingerprint density at radius 3 is 2.67 bits per heavy atom. The molecule has 2 unspecified atom stereocenters. The van der Waals surface area contributed by atoms with Gasteiger partial charge in [-0.25, -0.2) is 0 Å². The van der Waals surface area contributed by atoms with Crippen molar-refractivity contribution in [3.8, 4) is 0 Å². The second-order valence-electron chi connectivity index (χ2n) is 4.41. The first-order chi connectivity index (χ1) is 5.75. The van der Waals surface area contributed by atoms with Crippen LogP contribution in [0.25, 0.3) is 0 Å². The highest BCUT2D eigenvalue weighted by atomic mass is 14.8. The standard InChI is InChI=1S/C11H23N/c1-4-12-8-10-6-5-7-11(10)9(2)3/h9-12H,4-8H2,1-3H3. The van der Waals surface area contributed by atoms with Crippen molar-refractivity contribution in [2.45, 2.75) is 40.0 Å². The molecule has 0 aliphatic heterocycles. The largest absolute Gasteiger partial charge is 0.317 e. The van der Waals surface area contributed by atoms with Crippen LogP contribution in [-0.2, 0) is 0 Å². The third-order valence-corrected chi connectivity index (χ3v) is 3.23. The minimum absolute atomic E-state index is 0.885. The minimum Gasteiger partial charge on any atom is -0.317 e. The SMILES string of the molecule is CCNCC1CCCC1C(C)C. The molecule has 1 aliphatic rings. The minimum atomic E-state index is 0.885. The molecule has 0 spiro atoms. The molecule has 1 nitrogen and oxygen atoms in total. The molecule has 0 aromatic heterocycles. The Bertz CT molecular complexity index is 120. The molecule has 1 heteroatoms. The van der Waals surface area contributed by atoms with Crippen LogP contribution in [0.3, 0.4) is 0 Å². The Morgan fingerprint density at radius 2 is 2.08 bits per heavy atom. The molecule has 1 saturated carbocycles. The van der Waals surface area contributed by atoms with E-state index >= 15 is 0 Å². The van der Waals surface area contributed by atoms with E-state index in [0.29, 0.717) is 0 Å². The third kappa shape index (κ3) is 2.48. The van der Waals surface area contributed by atoms with E-state index in [-0.39, 0.29) is 0 Å². The summed E-state index contributed by atoms with van der Waals surface area (Å²) in [5.41, 5.74) is 0. The molecule has 2 atom stereocenters. The highest BCUT2D eigenvalue weighted by Crippen LogP contribution is 2.36. The highest BCUT2D eigenvalue weighted by Gasteiger charge is 2.28. The van der Waals surface area contributed by atoms with E-state index in [9.17, 15) is 0 Å². The van der Waals surface area contributed by atoms with Gasteiger partial charge in [0.15, 0.2) is 0 Å². The Morgan fingerprint density at radius 1 is 1.33 bits per heavy atom. The summed E-state index contributed by atoms with van der Waals surface area (Å²) in [6.07, 6.45) is 4.38. The van der Waals surface area contributed by atoms with Gasteiger partial charge in [-0.1, -0.05) is 27.2 Å². The van der Waals surface area contributed by atoms with Gasteiger partial charge in [0.25, 0.3) is 0 Å². The van der Waals surface area contributed by atoms with Gasteiger partial charge >= 0.3 is 0 Å². The van der Waals surface area contributed by atoms with E-state index in [4.69, 9.17) is 0 Å². The molecule has 0 radical (unpaired) electrons. The zero-order valence-corrected chi connectivity index (χ0v) is 8.77. The molecule has 0 aromatic carbocycles. The Labute approximate surface area is 76.9 Å². The second kappa shape index (κ2) is 4.86. The summed E-state index contributed by atoms with van der Waals surface area (Å²) >= 11 is 0. The van der Waals surface area contributed by atoms with Crippen LogP contribution >= 0.6 is 0 Å². The van der Waals surface area contributed by atoms with Gasteiger partial charge in [-0.15, -0.1) is 0 Å². The monoisotopic (exact) mass is 169 g/mol. The van der Waals surface area contributed by atoms with Crippen LogP contribution in [0.1, 0.15) is 40.0 Å². The molecular weight excluding hydrogens is 146 g/mol. The summed E-state index contributed by atoms with van der Waals surface area (Å²) < 4.78 is 0. The van der Waals surface area contributed by atoms with Crippen LogP contribution < -0.4 is 5.32 Å². The maximum atomic E-state index is 3.48. The van der Waals surface area contributed by atoms with Crippen LogP contribution in [0.15, 0.2) is 0 Å². The molecule has 1 aliphatic carbocycles. The lowest BCUT2D eigenvalue weighted by molar-refractivity contribution is 0.287. The molecule has 0 aromatic rings. The van der Waals surface area contributed by atoms with Gasteiger partial charge in [0.05, 0.1) is 0 Å². The fourth-order valence-electron chi connectivity index (χ4n) is 2.53. The lowest BCUT2D eigenvalue weighted by atomic mass is 9.86. The lowest BCUT2D eigenvalue weighted by Gasteiger charge is -2.23. The zero-order valence-electron chi connectivity index (χ0n) is 8.77. The van der Waals surface area contributed by atoms with Crippen molar-refractivity contribution in [3.63, 3.8) is 0 Å². The smallest absolute Gasteiger partial charge is 0.00179 e. The first kappa shape index (κ1) is 10.0. The number of hydrogen-bond acceptors (Lipinski definition) is 1. The van der Waals surface area contributed by atoms with Crippen molar-refractivity contribution < 1.29 is 0 Å². The van der Waals surface area contributed by atoms with E-state index in [2.05, 4.69) is 26.1 Å². The summed E-state index contributed by atoms with van der Waals surface area (Å²) in [4.78, 5) is 0. The fraction of sp³-hybridized carbons (Fsp3) is 1.00. The van der Waals surface area contributed by atoms with Crippen molar-refractivity contribution in [3.05, 3.63) is 0 Å². The normalized spacial score (nSPS) is 30.0. The van der Waals surface area contributed by atoms with E-state index < -0.39 is 0 Å². The molecule has 0 heterocycles.